The smallest absolute Gasteiger partial charge is 0.416 e. The molecule has 1 atom stereocenters. The van der Waals surface area contributed by atoms with Crippen molar-refractivity contribution in [3.8, 4) is 16.9 Å². The molecule has 13 heteroatoms. The van der Waals surface area contributed by atoms with Gasteiger partial charge in [0, 0.05) is 5.56 Å². The lowest BCUT2D eigenvalue weighted by atomic mass is 10.0. The van der Waals surface area contributed by atoms with E-state index >= 15 is 0 Å². The molecule has 0 N–H and O–H groups in total. The Kier molecular flexibility index (Phi) is 6.72. The van der Waals surface area contributed by atoms with Crippen LogP contribution in [0.25, 0.3) is 11.1 Å². The van der Waals surface area contributed by atoms with E-state index < -0.39 is 62.8 Å². The Balaban J connectivity index is 1.43. The number of halogens is 5. The Bertz CT molecular complexity index is 1880. The van der Waals surface area contributed by atoms with Crippen molar-refractivity contribution in [2.45, 2.75) is 17.2 Å². The van der Waals surface area contributed by atoms with Crippen LogP contribution in [0.3, 0.4) is 0 Å². The highest BCUT2D eigenvalue weighted by Crippen LogP contribution is 2.41. The number of imide groups is 1. The number of benzene rings is 4. The van der Waals surface area contributed by atoms with Gasteiger partial charge >= 0.3 is 6.18 Å². The molecule has 6 rings (SSSR count). The molecule has 0 aromatic heterocycles. The van der Waals surface area contributed by atoms with Crippen molar-refractivity contribution >= 4 is 27.5 Å². The van der Waals surface area contributed by atoms with Crippen molar-refractivity contribution in [2.24, 2.45) is 0 Å². The summed E-state index contributed by atoms with van der Waals surface area (Å²) in [7, 11) is -4.73. The zero-order valence-electron chi connectivity index (χ0n) is 21.8. The first kappa shape index (κ1) is 28.3. The van der Waals surface area contributed by atoms with Gasteiger partial charge in [-0.15, -0.1) is 0 Å². The Labute approximate surface area is 241 Å². The molecule has 2 aliphatic heterocycles. The predicted octanol–water partition coefficient (Wildman–Crippen LogP) is 5.90. The van der Waals surface area contributed by atoms with E-state index in [4.69, 9.17) is 4.74 Å². The second-order valence-corrected chi connectivity index (χ2v) is 11.7. The molecule has 0 radical (unpaired) electrons. The quantitative estimate of drug-likeness (QED) is 0.207. The number of alkyl halides is 3. The Hall–Kier alpha value is -4.78. The first-order valence-corrected chi connectivity index (χ1v) is 14.2. The number of anilines is 1. The van der Waals surface area contributed by atoms with Gasteiger partial charge in [-0.2, -0.15) is 13.2 Å². The van der Waals surface area contributed by atoms with E-state index in [0.717, 1.165) is 45.6 Å². The minimum absolute atomic E-state index is 0.0658. The summed E-state index contributed by atoms with van der Waals surface area (Å²) in [4.78, 5) is 26.2. The molecule has 43 heavy (non-hydrogen) atoms. The molecule has 0 bridgehead atoms. The highest BCUT2D eigenvalue weighted by atomic mass is 32.2. The highest BCUT2D eigenvalue weighted by molar-refractivity contribution is 7.92. The predicted molar refractivity (Wildman–Crippen MR) is 144 cm³/mol. The maximum absolute atomic E-state index is 14.6. The molecule has 1 unspecified atom stereocenters. The van der Waals surface area contributed by atoms with Crippen molar-refractivity contribution in [1.29, 1.82) is 0 Å². The van der Waals surface area contributed by atoms with Gasteiger partial charge in [0.2, 0.25) is 0 Å². The molecule has 2 aliphatic rings. The van der Waals surface area contributed by atoms with Crippen LogP contribution in [0.4, 0.5) is 27.6 Å². The average Bonchev–Trinajstić information content (AvgIpc) is 3.22. The number of rotatable bonds is 5. The van der Waals surface area contributed by atoms with Gasteiger partial charge < -0.3 is 4.74 Å². The molecule has 4 aromatic rings. The Morgan fingerprint density at radius 3 is 2.19 bits per heavy atom. The van der Waals surface area contributed by atoms with Crippen molar-refractivity contribution in [1.82, 2.24) is 4.90 Å². The van der Waals surface area contributed by atoms with Crippen LogP contribution in [0.2, 0.25) is 0 Å². The van der Waals surface area contributed by atoms with E-state index in [0.29, 0.717) is 6.07 Å². The number of carbonyl (C=O) groups excluding carboxylic acids is 2. The summed E-state index contributed by atoms with van der Waals surface area (Å²) in [5.74, 6) is -2.84. The number of nitrogens with zero attached hydrogens (tertiary/aromatic N) is 2. The summed E-state index contributed by atoms with van der Waals surface area (Å²) < 4.78 is 104. The zero-order valence-corrected chi connectivity index (χ0v) is 22.6. The number of hydrogen-bond donors (Lipinski definition) is 0. The van der Waals surface area contributed by atoms with Crippen LogP contribution in [0, 0.1) is 11.6 Å². The van der Waals surface area contributed by atoms with Crippen LogP contribution in [0.1, 0.15) is 26.3 Å². The molecule has 220 valence electrons. The number of ether oxygens (including phenoxy) is 1. The van der Waals surface area contributed by atoms with E-state index in [9.17, 15) is 40.0 Å². The monoisotopic (exact) mass is 614 g/mol. The van der Waals surface area contributed by atoms with Gasteiger partial charge in [-0.1, -0.05) is 24.3 Å². The first-order valence-electron chi connectivity index (χ1n) is 12.8. The molecule has 7 nitrogen and oxygen atoms in total. The summed E-state index contributed by atoms with van der Waals surface area (Å²) in [5, 5.41) is 0. The van der Waals surface area contributed by atoms with E-state index in [-0.39, 0.29) is 40.2 Å². The van der Waals surface area contributed by atoms with Crippen LogP contribution in [-0.2, 0) is 16.2 Å². The fourth-order valence-corrected chi connectivity index (χ4v) is 6.63. The summed E-state index contributed by atoms with van der Waals surface area (Å²) in [5.41, 5.74) is -1.13. The first-order chi connectivity index (χ1) is 20.3. The average molecular weight is 615 g/mol. The summed E-state index contributed by atoms with van der Waals surface area (Å²) in [6, 6.07) is 15.9. The van der Waals surface area contributed by atoms with Crippen LogP contribution in [0.15, 0.2) is 89.8 Å². The van der Waals surface area contributed by atoms with Crippen molar-refractivity contribution in [3.05, 3.63) is 113 Å². The molecule has 0 spiro atoms. The fourth-order valence-electron chi connectivity index (χ4n) is 5.09. The lowest BCUT2D eigenvalue weighted by molar-refractivity contribution is -0.137. The van der Waals surface area contributed by atoms with Gasteiger partial charge in [-0.3, -0.25) is 18.8 Å². The van der Waals surface area contributed by atoms with Gasteiger partial charge in [-0.05, 0) is 66.2 Å². The number of sulfonamides is 1. The normalized spacial score (nSPS) is 16.6. The molecule has 0 fully saturated rings. The number of amides is 2. The van der Waals surface area contributed by atoms with Crippen molar-refractivity contribution < 1.29 is 44.7 Å². The topological polar surface area (TPSA) is 84.0 Å². The van der Waals surface area contributed by atoms with Crippen LogP contribution >= 0.6 is 0 Å². The summed E-state index contributed by atoms with van der Waals surface area (Å²) >= 11 is 0. The van der Waals surface area contributed by atoms with Crippen LogP contribution in [0.5, 0.6) is 5.75 Å². The SMILES string of the molecule is O=C1c2ccccc2C(=O)N1CC1CN(S(=O)(=O)c2cccc(C(F)(F)F)c2)c2cc(-c3cc(F)ccc3F)ccc2O1. The number of hydrogen-bond acceptors (Lipinski definition) is 5. The summed E-state index contributed by atoms with van der Waals surface area (Å²) in [6.07, 6.45) is -5.96. The lowest BCUT2D eigenvalue weighted by Crippen LogP contribution is -2.49. The minimum Gasteiger partial charge on any atom is -0.484 e. The van der Waals surface area contributed by atoms with E-state index in [1.165, 1.54) is 30.3 Å². The molecule has 0 aliphatic carbocycles. The van der Waals surface area contributed by atoms with Gasteiger partial charge in [0.15, 0.2) is 0 Å². The Morgan fingerprint density at radius 2 is 1.51 bits per heavy atom. The van der Waals surface area contributed by atoms with Crippen molar-refractivity contribution in [3.63, 3.8) is 0 Å². The van der Waals surface area contributed by atoms with Crippen molar-refractivity contribution in [2.75, 3.05) is 17.4 Å². The molecule has 0 saturated carbocycles. The molecule has 4 aromatic carbocycles. The maximum Gasteiger partial charge on any atom is 0.416 e. The van der Waals surface area contributed by atoms with Gasteiger partial charge in [0.05, 0.1) is 40.4 Å². The van der Waals surface area contributed by atoms with Crippen LogP contribution < -0.4 is 9.04 Å². The largest absolute Gasteiger partial charge is 0.484 e. The number of carbonyl (C=O) groups is 2. The molecular weight excluding hydrogens is 595 g/mol. The molecule has 0 saturated heterocycles. The minimum atomic E-state index is -4.83. The van der Waals surface area contributed by atoms with E-state index in [2.05, 4.69) is 0 Å². The Morgan fingerprint density at radius 1 is 0.814 bits per heavy atom. The second-order valence-electron chi connectivity index (χ2n) is 9.87. The maximum atomic E-state index is 14.6. The zero-order chi connectivity index (χ0) is 30.7. The third-order valence-corrected chi connectivity index (χ3v) is 8.92. The lowest BCUT2D eigenvalue weighted by Gasteiger charge is -2.37. The van der Waals surface area contributed by atoms with Gasteiger partial charge in [0.1, 0.15) is 23.5 Å². The van der Waals surface area contributed by atoms with Gasteiger partial charge in [-0.25, -0.2) is 17.2 Å². The second kappa shape index (κ2) is 10.2. The molecular formula is C30H19F5N2O5S. The fraction of sp³-hybridized carbons (Fsp3) is 0.133. The summed E-state index contributed by atoms with van der Waals surface area (Å²) in [6.45, 7) is -0.894. The standard InChI is InChI=1S/C30H19F5N2O5S/c31-19-9-10-25(32)24(14-19)17-8-11-27-26(12-17)37(43(40,41)21-5-3-4-18(13-21)30(33,34)35)16-20(42-27)15-36-28(38)22-6-1-2-7-23(22)29(36)39/h1-14,20H,15-16H2. The molecule has 2 heterocycles. The van der Waals surface area contributed by atoms with Crippen LogP contribution in [-0.4, -0.2) is 44.3 Å². The third kappa shape index (κ3) is 4.99. The molecule has 2 amide bonds. The third-order valence-electron chi connectivity index (χ3n) is 7.14. The van der Waals surface area contributed by atoms with E-state index in [1.54, 1.807) is 12.1 Å². The number of fused-ring (bicyclic) bond motifs is 2. The highest BCUT2D eigenvalue weighted by Gasteiger charge is 2.41. The van der Waals surface area contributed by atoms with E-state index in [1.807, 2.05) is 0 Å². The van der Waals surface area contributed by atoms with Gasteiger partial charge in [0.25, 0.3) is 21.8 Å².